The average molecular weight is 268 g/mol. The van der Waals surface area contributed by atoms with Crippen LogP contribution in [0.15, 0.2) is 24.3 Å². The van der Waals surface area contributed by atoms with E-state index in [1.54, 1.807) is 11.0 Å². The quantitative estimate of drug-likeness (QED) is 0.823. The lowest BCUT2D eigenvalue weighted by Gasteiger charge is -2.34. The van der Waals surface area contributed by atoms with Gasteiger partial charge in [-0.3, -0.25) is 9.69 Å². The third-order valence-electron chi connectivity index (χ3n) is 3.42. The van der Waals surface area contributed by atoms with Gasteiger partial charge in [0.15, 0.2) is 0 Å². The second-order valence-corrected chi connectivity index (χ2v) is 4.80. The van der Waals surface area contributed by atoms with Gasteiger partial charge in [-0.25, -0.2) is 0 Å². The van der Waals surface area contributed by atoms with Crippen molar-refractivity contribution in [1.82, 2.24) is 9.80 Å². The minimum atomic E-state index is -0.0846. The molecule has 0 radical (unpaired) electrons. The molecule has 1 aliphatic heterocycles. The van der Waals surface area contributed by atoms with Crippen LogP contribution < -0.4 is 0 Å². The number of amides is 1. The summed E-state index contributed by atoms with van der Waals surface area (Å²) in [5.74, 6) is -0.0846. The minimum absolute atomic E-state index is 0.0375. The molecule has 5 heteroatoms. The van der Waals surface area contributed by atoms with E-state index < -0.39 is 0 Å². The highest BCUT2D eigenvalue weighted by Gasteiger charge is 2.20. The molecule has 1 aromatic rings. The van der Waals surface area contributed by atoms with Crippen molar-refractivity contribution in [3.63, 3.8) is 0 Å². The molecule has 0 unspecified atom stereocenters. The third-order valence-corrected chi connectivity index (χ3v) is 3.42. The van der Waals surface area contributed by atoms with E-state index in [4.69, 9.17) is 10.5 Å². The molecular formula is C15H16N4O. The van der Waals surface area contributed by atoms with E-state index in [9.17, 15) is 4.79 Å². The van der Waals surface area contributed by atoms with Gasteiger partial charge in [0.1, 0.15) is 6.42 Å². The van der Waals surface area contributed by atoms with E-state index in [1.165, 1.54) is 0 Å². The number of hydrogen-bond acceptors (Lipinski definition) is 4. The summed E-state index contributed by atoms with van der Waals surface area (Å²) in [6.07, 6.45) is -0.0375. The van der Waals surface area contributed by atoms with Crippen molar-refractivity contribution in [3.05, 3.63) is 35.4 Å². The van der Waals surface area contributed by atoms with Crippen LogP contribution in [0.1, 0.15) is 17.5 Å². The highest BCUT2D eigenvalue weighted by Crippen LogP contribution is 2.11. The first-order valence-electron chi connectivity index (χ1n) is 6.59. The Hall–Kier alpha value is -2.37. The number of carbonyl (C=O) groups excluding carboxylic acids is 1. The Kier molecular flexibility index (Phi) is 4.70. The van der Waals surface area contributed by atoms with E-state index in [-0.39, 0.29) is 12.3 Å². The van der Waals surface area contributed by atoms with Gasteiger partial charge in [-0.15, -0.1) is 0 Å². The summed E-state index contributed by atoms with van der Waals surface area (Å²) in [4.78, 5) is 15.6. The maximum Gasteiger partial charge on any atom is 0.236 e. The van der Waals surface area contributed by atoms with Crippen LogP contribution in [0.2, 0.25) is 0 Å². The van der Waals surface area contributed by atoms with Crippen LogP contribution in [0.25, 0.3) is 0 Å². The molecule has 5 nitrogen and oxygen atoms in total. The molecule has 0 saturated carbocycles. The summed E-state index contributed by atoms with van der Waals surface area (Å²) in [5.41, 5.74) is 1.78. The predicted octanol–water partition coefficient (Wildman–Crippen LogP) is 1.12. The van der Waals surface area contributed by atoms with E-state index in [0.29, 0.717) is 18.7 Å². The molecule has 1 heterocycles. The van der Waals surface area contributed by atoms with Gasteiger partial charge >= 0.3 is 0 Å². The normalized spacial score (nSPS) is 15.4. The lowest BCUT2D eigenvalue weighted by atomic mass is 10.1. The monoisotopic (exact) mass is 268 g/mol. The van der Waals surface area contributed by atoms with Gasteiger partial charge in [-0.1, -0.05) is 12.1 Å². The van der Waals surface area contributed by atoms with Crippen LogP contribution in [0, 0.1) is 22.7 Å². The zero-order valence-electron chi connectivity index (χ0n) is 11.2. The Balaban J connectivity index is 1.87. The molecule has 0 N–H and O–H groups in total. The molecule has 20 heavy (non-hydrogen) atoms. The first kappa shape index (κ1) is 14.0. The van der Waals surface area contributed by atoms with Gasteiger partial charge in [-0.05, 0) is 17.7 Å². The highest BCUT2D eigenvalue weighted by molar-refractivity contribution is 5.78. The maximum absolute atomic E-state index is 11.6. The van der Waals surface area contributed by atoms with Crippen molar-refractivity contribution < 1.29 is 4.79 Å². The van der Waals surface area contributed by atoms with Crippen LogP contribution in [-0.4, -0.2) is 41.9 Å². The van der Waals surface area contributed by atoms with Crippen molar-refractivity contribution in [2.24, 2.45) is 0 Å². The van der Waals surface area contributed by atoms with Crippen molar-refractivity contribution in [2.45, 2.75) is 13.0 Å². The Labute approximate surface area is 118 Å². The fraction of sp³-hybridized carbons (Fsp3) is 0.400. The number of piperazine rings is 1. The first-order chi connectivity index (χ1) is 9.72. The van der Waals surface area contributed by atoms with E-state index >= 15 is 0 Å². The number of nitriles is 2. The van der Waals surface area contributed by atoms with E-state index in [0.717, 1.165) is 25.2 Å². The number of benzene rings is 1. The van der Waals surface area contributed by atoms with Crippen LogP contribution in [-0.2, 0) is 11.3 Å². The average Bonchev–Trinajstić information content (AvgIpc) is 2.48. The van der Waals surface area contributed by atoms with Gasteiger partial charge in [0.05, 0.1) is 17.7 Å². The molecule has 1 saturated heterocycles. The summed E-state index contributed by atoms with van der Waals surface area (Å²) in [5, 5.41) is 17.4. The van der Waals surface area contributed by atoms with Gasteiger partial charge in [-0.2, -0.15) is 10.5 Å². The third kappa shape index (κ3) is 3.57. The maximum atomic E-state index is 11.6. The van der Waals surface area contributed by atoms with Crippen molar-refractivity contribution in [2.75, 3.05) is 26.2 Å². The van der Waals surface area contributed by atoms with Crippen molar-refractivity contribution in [1.29, 1.82) is 10.5 Å². The predicted molar refractivity (Wildman–Crippen MR) is 73.2 cm³/mol. The molecule has 1 amide bonds. The Morgan fingerprint density at radius 3 is 2.60 bits per heavy atom. The summed E-state index contributed by atoms with van der Waals surface area (Å²) in [7, 11) is 0. The molecule has 0 spiro atoms. The molecule has 0 aromatic heterocycles. The van der Waals surface area contributed by atoms with Crippen molar-refractivity contribution >= 4 is 5.91 Å². The Morgan fingerprint density at radius 1 is 1.20 bits per heavy atom. The second-order valence-electron chi connectivity index (χ2n) is 4.80. The molecule has 1 aromatic carbocycles. The Morgan fingerprint density at radius 2 is 1.95 bits per heavy atom. The lowest BCUT2D eigenvalue weighted by Crippen LogP contribution is -2.48. The molecule has 1 fully saturated rings. The summed E-state index contributed by atoms with van der Waals surface area (Å²) < 4.78 is 0. The number of rotatable bonds is 3. The smallest absolute Gasteiger partial charge is 0.236 e. The number of carbonyl (C=O) groups is 1. The van der Waals surface area contributed by atoms with Crippen LogP contribution in [0.3, 0.4) is 0 Å². The van der Waals surface area contributed by atoms with Crippen LogP contribution in [0.4, 0.5) is 0 Å². The molecule has 0 bridgehead atoms. The first-order valence-corrected chi connectivity index (χ1v) is 6.59. The topological polar surface area (TPSA) is 71.1 Å². The van der Waals surface area contributed by atoms with Gasteiger partial charge in [0, 0.05) is 32.7 Å². The second kappa shape index (κ2) is 6.70. The van der Waals surface area contributed by atoms with E-state index in [1.807, 2.05) is 24.3 Å². The largest absolute Gasteiger partial charge is 0.339 e. The van der Waals surface area contributed by atoms with E-state index in [2.05, 4.69) is 11.0 Å². The highest BCUT2D eigenvalue weighted by atomic mass is 16.2. The Bertz CT molecular complexity index is 562. The van der Waals surface area contributed by atoms with Crippen LogP contribution in [0.5, 0.6) is 0 Å². The molecule has 0 atom stereocenters. The number of hydrogen-bond donors (Lipinski definition) is 0. The molecule has 2 rings (SSSR count). The SMILES string of the molecule is N#CCC(=O)N1CCN(Cc2cccc(C#N)c2)CC1. The zero-order chi connectivity index (χ0) is 14.4. The van der Waals surface area contributed by atoms with Crippen molar-refractivity contribution in [3.8, 4) is 12.1 Å². The summed E-state index contributed by atoms with van der Waals surface area (Å²) in [6, 6.07) is 11.6. The summed E-state index contributed by atoms with van der Waals surface area (Å²) >= 11 is 0. The molecule has 102 valence electrons. The molecular weight excluding hydrogens is 252 g/mol. The molecule has 1 aliphatic rings. The molecule has 0 aliphatic carbocycles. The van der Waals surface area contributed by atoms with Gasteiger partial charge in [0.2, 0.25) is 5.91 Å². The fourth-order valence-corrected chi connectivity index (χ4v) is 2.33. The lowest BCUT2D eigenvalue weighted by molar-refractivity contribution is -0.131. The number of nitrogens with zero attached hydrogens (tertiary/aromatic N) is 4. The van der Waals surface area contributed by atoms with Gasteiger partial charge in [0.25, 0.3) is 0 Å². The fourth-order valence-electron chi connectivity index (χ4n) is 2.33. The standard InChI is InChI=1S/C15H16N4O/c16-5-4-15(20)19-8-6-18(7-9-19)12-14-3-1-2-13(10-14)11-17/h1-3,10H,4,6-9,12H2. The van der Waals surface area contributed by atoms with Crippen LogP contribution >= 0.6 is 0 Å². The minimum Gasteiger partial charge on any atom is -0.339 e. The van der Waals surface area contributed by atoms with Gasteiger partial charge < -0.3 is 4.90 Å². The summed E-state index contributed by atoms with van der Waals surface area (Å²) in [6.45, 7) is 3.72. The zero-order valence-corrected chi connectivity index (χ0v) is 11.2.